The summed E-state index contributed by atoms with van der Waals surface area (Å²) in [5.74, 6) is 3.62. The molecule has 0 amide bonds. The number of ether oxygens (including phenoxy) is 2. The van der Waals surface area contributed by atoms with E-state index in [4.69, 9.17) is 15.9 Å². The Morgan fingerprint density at radius 2 is 2.11 bits per heavy atom. The van der Waals surface area contributed by atoms with Gasteiger partial charge in [0.25, 0.3) is 0 Å². The molecule has 1 aliphatic carbocycles. The fourth-order valence-corrected chi connectivity index (χ4v) is 2.11. The highest BCUT2D eigenvalue weighted by Gasteiger charge is 2.18. The summed E-state index contributed by atoms with van der Waals surface area (Å²) in [6.45, 7) is 0.170. The van der Waals surface area contributed by atoms with Gasteiger partial charge in [-0.3, -0.25) is 4.79 Å². The number of hydrogen-bond donors (Lipinski definition) is 0. The Hall–Kier alpha value is -1.95. The molecule has 0 N–H and O–H groups in total. The number of rotatable bonds is 5. The molecule has 3 heteroatoms. The summed E-state index contributed by atoms with van der Waals surface area (Å²) in [7, 11) is 0. The van der Waals surface area contributed by atoms with Gasteiger partial charge in [-0.05, 0) is 43.9 Å². The van der Waals surface area contributed by atoms with E-state index in [1.165, 1.54) is 12.8 Å². The normalized spacial score (nSPS) is 15.1. The Kier molecular flexibility index (Phi) is 4.25. The lowest BCUT2D eigenvalue weighted by Crippen LogP contribution is -2.12. The topological polar surface area (TPSA) is 35.5 Å². The van der Waals surface area contributed by atoms with Gasteiger partial charge in [-0.1, -0.05) is 5.92 Å². The number of carbonyl (C=O) groups excluding carboxylic acids is 1. The lowest BCUT2D eigenvalue weighted by molar-refractivity contribution is 0.112. The summed E-state index contributed by atoms with van der Waals surface area (Å²) in [4.78, 5) is 10.8. The third kappa shape index (κ3) is 3.04. The predicted molar refractivity (Wildman–Crippen MR) is 69.0 cm³/mol. The minimum atomic E-state index is 0.170. The van der Waals surface area contributed by atoms with Crippen LogP contribution in [-0.4, -0.2) is 19.0 Å². The van der Waals surface area contributed by atoms with Crippen LogP contribution in [0.2, 0.25) is 0 Å². The molecule has 0 bridgehead atoms. The van der Waals surface area contributed by atoms with Crippen LogP contribution in [0.1, 0.15) is 36.0 Å². The van der Waals surface area contributed by atoms with Gasteiger partial charge in [0.2, 0.25) is 0 Å². The largest absolute Gasteiger partial charge is 0.487 e. The van der Waals surface area contributed by atoms with Crippen molar-refractivity contribution >= 4 is 6.29 Å². The van der Waals surface area contributed by atoms with Crippen molar-refractivity contribution < 1.29 is 14.3 Å². The molecule has 94 valence electrons. The third-order valence-corrected chi connectivity index (χ3v) is 3.01. The standard InChI is InChI=1S/C15H16O3/c1-2-9-17-15-10-12(11-16)7-8-14(15)18-13-5-3-4-6-13/h1,7-8,10-11,13H,3-6,9H2. The fourth-order valence-electron chi connectivity index (χ4n) is 2.11. The van der Waals surface area contributed by atoms with E-state index in [1.807, 2.05) is 0 Å². The highest BCUT2D eigenvalue weighted by atomic mass is 16.5. The first-order chi connectivity index (χ1) is 8.83. The molecular formula is C15H16O3. The smallest absolute Gasteiger partial charge is 0.163 e. The maximum Gasteiger partial charge on any atom is 0.163 e. The van der Waals surface area contributed by atoms with Gasteiger partial charge in [0.05, 0.1) is 6.10 Å². The van der Waals surface area contributed by atoms with Crippen molar-refractivity contribution in [2.75, 3.05) is 6.61 Å². The van der Waals surface area contributed by atoms with Crippen LogP contribution in [0.4, 0.5) is 0 Å². The van der Waals surface area contributed by atoms with Gasteiger partial charge in [0.15, 0.2) is 11.5 Å². The molecule has 0 unspecified atom stereocenters. The van der Waals surface area contributed by atoms with Gasteiger partial charge in [0.1, 0.15) is 12.9 Å². The molecule has 1 saturated carbocycles. The molecule has 0 aromatic heterocycles. The van der Waals surface area contributed by atoms with Crippen molar-refractivity contribution in [3.05, 3.63) is 23.8 Å². The molecule has 2 rings (SSSR count). The highest BCUT2D eigenvalue weighted by molar-refractivity contribution is 5.76. The monoisotopic (exact) mass is 244 g/mol. The molecule has 18 heavy (non-hydrogen) atoms. The van der Waals surface area contributed by atoms with E-state index in [0.29, 0.717) is 17.1 Å². The van der Waals surface area contributed by atoms with Crippen molar-refractivity contribution in [1.82, 2.24) is 0 Å². The number of carbonyl (C=O) groups is 1. The van der Waals surface area contributed by atoms with E-state index in [2.05, 4.69) is 5.92 Å². The van der Waals surface area contributed by atoms with Crippen LogP contribution in [0.15, 0.2) is 18.2 Å². The van der Waals surface area contributed by atoms with Crippen LogP contribution >= 0.6 is 0 Å². The van der Waals surface area contributed by atoms with Crippen molar-refractivity contribution in [3.63, 3.8) is 0 Å². The Labute approximate surface area is 107 Å². The molecule has 1 aliphatic rings. The molecule has 1 aromatic carbocycles. The van der Waals surface area contributed by atoms with E-state index in [1.54, 1.807) is 18.2 Å². The Morgan fingerprint density at radius 1 is 1.33 bits per heavy atom. The minimum absolute atomic E-state index is 0.170. The first-order valence-corrected chi connectivity index (χ1v) is 6.15. The van der Waals surface area contributed by atoms with Gasteiger partial charge in [-0.2, -0.15) is 0 Å². The minimum Gasteiger partial charge on any atom is -0.487 e. The SMILES string of the molecule is C#CCOc1cc(C=O)ccc1OC1CCCC1. The maximum absolute atomic E-state index is 10.8. The van der Waals surface area contributed by atoms with Crippen LogP contribution in [-0.2, 0) is 0 Å². The molecule has 0 radical (unpaired) electrons. The lowest BCUT2D eigenvalue weighted by atomic mass is 10.2. The van der Waals surface area contributed by atoms with E-state index in [0.717, 1.165) is 19.1 Å². The Balaban J connectivity index is 2.15. The number of aldehydes is 1. The van der Waals surface area contributed by atoms with Crippen LogP contribution in [0, 0.1) is 12.3 Å². The van der Waals surface area contributed by atoms with Crippen LogP contribution in [0.25, 0.3) is 0 Å². The van der Waals surface area contributed by atoms with Gasteiger partial charge in [-0.15, -0.1) is 6.42 Å². The summed E-state index contributed by atoms with van der Waals surface area (Å²) in [6.07, 6.45) is 10.8. The quantitative estimate of drug-likeness (QED) is 0.590. The summed E-state index contributed by atoms with van der Waals surface area (Å²) in [5.41, 5.74) is 0.556. The summed E-state index contributed by atoms with van der Waals surface area (Å²) in [6, 6.07) is 5.16. The Morgan fingerprint density at radius 3 is 2.78 bits per heavy atom. The van der Waals surface area contributed by atoms with E-state index >= 15 is 0 Å². The van der Waals surface area contributed by atoms with Crippen molar-refractivity contribution in [1.29, 1.82) is 0 Å². The fraction of sp³-hybridized carbons (Fsp3) is 0.400. The predicted octanol–water partition coefficient (Wildman–Crippen LogP) is 2.83. The molecule has 0 saturated heterocycles. The zero-order chi connectivity index (χ0) is 12.8. The summed E-state index contributed by atoms with van der Waals surface area (Å²) >= 11 is 0. The first kappa shape index (κ1) is 12.5. The van der Waals surface area contributed by atoms with Gasteiger partial charge in [0, 0.05) is 5.56 Å². The third-order valence-electron chi connectivity index (χ3n) is 3.01. The number of benzene rings is 1. The van der Waals surface area contributed by atoms with Gasteiger partial charge < -0.3 is 9.47 Å². The average molecular weight is 244 g/mol. The molecule has 0 atom stereocenters. The molecular weight excluding hydrogens is 228 g/mol. The van der Waals surface area contributed by atoms with Crippen LogP contribution in [0.3, 0.4) is 0 Å². The molecule has 3 nitrogen and oxygen atoms in total. The van der Waals surface area contributed by atoms with Gasteiger partial charge in [-0.25, -0.2) is 0 Å². The highest BCUT2D eigenvalue weighted by Crippen LogP contribution is 2.32. The summed E-state index contributed by atoms with van der Waals surface area (Å²) < 4.78 is 11.3. The van der Waals surface area contributed by atoms with E-state index in [-0.39, 0.29) is 12.7 Å². The van der Waals surface area contributed by atoms with E-state index < -0.39 is 0 Å². The second-order valence-corrected chi connectivity index (χ2v) is 4.34. The van der Waals surface area contributed by atoms with E-state index in [9.17, 15) is 4.79 Å². The maximum atomic E-state index is 10.8. The number of terminal acetylenes is 1. The van der Waals surface area contributed by atoms with Crippen LogP contribution in [0.5, 0.6) is 11.5 Å². The summed E-state index contributed by atoms with van der Waals surface area (Å²) in [5, 5.41) is 0. The van der Waals surface area contributed by atoms with Crippen molar-refractivity contribution in [2.24, 2.45) is 0 Å². The van der Waals surface area contributed by atoms with Gasteiger partial charge >= 0.3 is 0 Å². The second kappa shape index (κ2) is 6.11. The Bertz CT molecular complexity index is 453. The zero-order valence-electron chi connectivity index (χ0n) is 10.2. The van der Waals surface area contributed by atoms with Crippen LogP contribution < -0.4 is 9.47 Å². The molecule has 1 fully saturated rings. The second-order valence-electron chi connectivity index (χ2n) is 4.34. The molecule has 0 heterocycles. The molecule has 1 aromatic rings. The van der Waals surface area contributed by atoms with Crippen molar-refractivity contribution in [3.8, 4) is 23.8 Å². The average Bonchev–Trinajstić information content (AvgIpc) is 2.90. The zero-order valence-corrected chi connectivity index (χ0v) is 10.2. The first-order valence-electron chi connectivity index (χ1n) is 6.15. The number of hydrogen-bond acceptors (Lipinski definition) is 3. The molecule has 0 spiro atoms. The molecule has 0 aliphatic heterocycles. The van der Waals surface area contributed by atoms with Crippen molar-refractivity contribution in [2.45, 2.75) is 31.8 Å². The lowest BCUT2D eigenvalue weighted by Gasteiger charge is -2.16.